The van der Waals surface area contributed by atoms with Crippen molar-refractivity contribution in [3.05, 3.63) is 46.9 Å². The Balaban J connectivity index is 1.91. The molecular weight excluding hydrogens is 244 g/mol. The first-order valence-corrected chi connectivity index (χ1v) is 6.72. The number of aryl methyl sites for hydroxylation is 1. The van der Waals surface area contributed by atoms with E-state index in [4.69, 9.17) is 11.6 Å². The Hall–Kier alpha value is -1.41. The van der Waals surface area contributed by atoms with Gasteiger partial charge in [-0.3, -0.25) is 0 Å². The van der Waals surface area contributed by atoms with Crippen molar-refractivity contribution in [2.24, 2.45) is 0 Å². The molecule has 2 nitrogen and oxygen atoms in total. The summed E-state index contributed by atoms with van der Waals surface area (Å²) in [5.41, 5.74) is 4.34. The summed E-state index contributed by atoms with van der Waals surface area (Å²) in [6.07, 6.45) is 4.03. The summed E-state index contributed by atoms with van der Waals surface area (Å²) in [6, 6.07) is 10.6. The standard InChI is InChI=1S/C15H15ClN2/c1-10-9-14(18-15(16)17-10)13-7-5-12(6-8-13)11-3-2-4-11/h5-9,11H,2-4H2,1H3. The van der Waals surface area contributed by atoms with Gasteiger partial charge in [0.15, 0.2) is 0 Å². The summed E-state index contributed by atoms with van der Waals surface area (Å²) in [5.74, 6) is 0.773. The number of benzene rings is 1. The molecule has 3 rings (SSSR count). The Morgan fingerprint density at radius 3 is 2.39 bits per heavy atom. The highest BCUT2D eigenvalue weighted by molar-refractivity contribution is 6.28. The SMILES string of the molecule is Cc1cc(-c2ccc(C3CCC3)cc2)nc(Cl)n1. The molecule has 0 aliphatic heterocycles. The molecule has 92 valence electrons. The van der Waals surface area contributed by atoms with Crippen LogP contribution in [-0.2, 0) is 0 Å². The summed E-state index contributed by atoms with van der Waals surface area (Å²) in [6.45, 7) is 1.93. The molecule has 0 N–H and O–H groups in total. The second-order valence-corrected chi connectivity index (χ2v) is 5.25. The van der Waals surface area contributed by atoms with Crippen molar-refractivity contribution in [1.82, 2.24) is 9.97 Å². The van der Waals surface area contributed by atoms with E-state index in [1.807, 2.05) is 13.0 Å². The van der Waals surface area contributed by atoms with Crippen molar-refractivity contribution >= 4 is 11.6 Å². The largest absolute Gasteiger partial charge is 0.223 e. The lowest BCUT2D eigenvalue weighted by atomic mass is 9.80. The zero-order valence-electron chi connectivity index (χ0n) is 10.4. The van der Waals surface area contributed by atoms with Crippen molar-refractivity contribution in [3.63, 3.8) is 0 Å². The number of hydrogen-bond acceptors (Lipinski definition) is 2. The van der Waals surface area contributed by atoms with Gasteiger partial charge in [0.25, 0.3) is 0 Å². The monoisotopic (exact) mass is 258 g/mol. The number of hydrogen-bond donors (Lipinski definition) is 0. The van der Waals surface area contributed by atoms with E-state index in [-0.39, 0.29) is 0 Å². The zero-order chi connectivity index (χ0) is 12.5. The minimum atomic E-state index is 0.313. The number of aromatic nitrogens is 2. The third-order valence-electron chi connectivity index (χ3n) is 3.61. The summed E-state index contributed by atoms with van der Waals surface area (Å²) < 4.78 is 0. The van der Waals surface area contributed by atoms with E-state index in [0.29, 0.717) is 5.28 Å². The number of halogens is 1. The molecule has 0 atom stereocenters. The predicted octanol–water partition coefficient (Wildman–Crippen LogP) is 4.37. The minimum Gasteiger partial charge on any atom is -0.223 e. The first kappa shape index (κ1) is 11.7. The van der Waals surface area contributed by atoms with Gasteiger partial charge in [-0.2, -0.15) is 0 Å². The topological polar surface area (TPSA) is 25.8 Å². The molecule has 0 amide bonds. The van der Waals surface area contributed by atoms with Gasteiger partial charge in [0, 0.05) is 11.3 Å². The van der Waals surface area contributed by atoms with Gasteiger partial charge < -0.3 is 0 Å². The molecule has 1 fully saturated rings. The number of nitrogens with zero attached hydrogens (tertiary/aromatic N) is 2. The lowest BCUT2D eigenvalue weighted by Gasteiger charge is -2.25. The van der Waals surface area contributed by atoms with Gasteiger partial charge in [0.05, 0.1) is 5.69 Å². The van der Waals surface area contributed by atoms with Crippen LogP contribution in [0.2, 0.25) is 5.28 Å². The molecule has 1 aliphatic carbocycles. The molecule has 0 saturated heterocycles. The van der Waals surface area contributed by atoms with Gasteiger partial charge in [-0.15, -0.1) is 0 Å². The highest BCUT2D eigenvalue weighted by Gasteiger charge is 2.19. The maximum Gasteiger partial charge on any atom is 0.223 e. The highest BCUT2D eigenvalue weighted by Crippen LogP contribution is 2.36. The van der Waals surface area contributed by atoms with Crippen LogP contribution in [0.5, 0.6) is 0 Å². The van der Waals surface area contributed by atoms with Gasteiger partial charge in [-0.1, -0.05) is 30.7 Å². The fraction of sp³-hybridized carbons (Fsp3) is 0.333. The molecule has 0 unspecified atom stereocenters. The van der Waals surface area contributed by atoms with Crippen LogP contribution in [-0.4, -0.2) is 9.97 Å². The van der Waals surface area contributed by atoms with Crippen LogP contribution in [0.3, 0.4) is 0 Å². The average molecular weight is 259 g/mol. The summed E-state index contributed by atoms with van der Waals surface area (Å²) in [5, 5.41) is 0.313. The summed E-state index contributed by atoms with van der Waals surface area (Å²) in [7, 11) is 0. The maximum atomic E-state index is 5.89. The Bertz CT molecular complexity index is 539. The molecular formula is C15H15ClN2. The lowest BCUT2D eigenvalue weighted by Crippen LogP contribution is -2.08. The van der Waals surface area contributed by atoms with E-state index in [0.717, 1.165) is 22.9 Å². The zero-order valence-corrected chi connectivity index (χ0v) is 11.1. The molecule has 2 aromatic rings. The van der Waals surface area contributed by atoms with Crippen LogP contribution in [0.25, 0.3) is 11.3 Å². The van der Waals surface area contributed by atoms with Gasteiger partial charge in [-0.05, 0) is 48.9 Å². The molecule has 1 heterocycles. The van der Waals surface area contributed by atoms with Gasteiger partial charge in [0.1, 0.15) is 0 Å². The van der Waals surface area contributed by atoms with Crippen LogP contribution in [0.15, 0.2) is 30.3 Å². The molecule has 1 aromatic carbocycles. The first-order valence-electron chi connectivity index (χ1n) is 6.34. The molecule has 0 bridgehead atoms. The van der Waals surface area contributed by atoms with E-state index in [1.165, 1.54) is 24.8 Å². The number of rotatable bonds is 2. The fourth-order valence-electron chi connectivity index (χ4n) is 2.35. The molecule has 0 radical (unpaired) electrons. The van der Waals surface area contributed by atoms with E-state index in [1.54, 1.807) is 0 Å². The van der Waals surface area contributed by atoms with Crippen LogP contribution < -0.4 is 0 Å². The Morgan fingerprint density at radius 2 is 1.83 bits per heavy atom. The van der Waals surface area contributed by atoms with Crippen LogP contribution in [0, 0.1) is 6.92 Å². The molecule has 1 aromatic heterocycles. The molecule has 3 heteroatoms. The normalized spacial score (nSPS) is 15.4. The van der Waals surface area contributed by atoms with Gasteiger partial charge in [-0.25, -0.2) is 9.97 Å². The highest BCUT2D eigenvalue weighted by atomic mass is 35.5. The molecule has 0 spiro atoms. The van der Waals surface area contributed by atoms with Gasteiger partial charge in [0.2, 0.25) is 5.28 Å². The maximum absolute atomic E-state index is 5.89. The van der Waals surface area contributed by atoms with Crippen molar-refractivity contribution < 1.29 is 0 Å². The predicted molar refractivity (Wildman–Crippen MR) is 73.8 cm³/mol. The van der Waals surface area contributed by atoms with Crippen LogP contribution in [0.1, 0.15) is 36.4 Å². The second-order valence-electron chi connectivity index (χ2n) is 4.91. The van der Waals surface area contributed by atoms with Crippen molar-refractivity contribution in [2.75, 3.05) is 0 Å². The van der Waals surface area contributed by atoms with Crippen LogP contribution in [0.4, 0.5) is 0 Å². The van der Waals surface area contributed by atoms with Crippen LogP contribution >= 0.6 is 11.6 Å². The Labute approximate surface area is 112 Å². The lowest BCUT2D eigenvalue weighted by molar-refractivity contribution is 0.420. The van der Waals surface area contributed by atoms with E-state index in [9.17, 15) is 0 Å². The first-order chi connectivity index (χ1) is 8.72. The molecule has 1 saturated carbocycles. The quantitative estimate of drug-likeness (QED) is 0.748. The summed E-state index contributed by atoms with van der Waals surface area (Å²) >= 11 is 5.89. The third-order valence-corrected chi connectivity index (χ3v) is 3.78. The minimum absolute atomic E-state index is 0.313. The average Bonchev–Trinajstić information content (AvgIpc) is 2.26. The smallest absolute Gasteiger partial charge is 0.223 e. The van der Waals surface area contributed by atoms with Crippen molar-refractivity contribution in [3.8, 4) is 11.3 Å². The fourth-order valence-corrected chi connectivity index (χ4v) is 2.57. The Kier molecular flexibility index (Phi) is 3.04. The third kappa shape index (κ3) is 2.25. The van der Waals surface area contributed by atoms with Gasteiger partial charge >= 0.3 is 0 Å². The molecule has 1 aliphatic rings. The van der Waals surface area contributed by atoms with E-state index >= 15 is 0 Å². The van der Waals surface area contributed by atoms with Crippen molar-refractivity contribution in [1.29, 1.82) is 0 Å². The second kappa shape index (κ2) is 4.69. The molecule has 18 heavy (non-hydrogen) atoms. The van der Waals surface area contributed by atoms with E-state index in [2.05, 4.69) is 34.2 Å². The Morgan fingerprint density at radius 1 is 1.11 bits per heavy atom. The summed E-state index contributed by atoms with van der Waals surface area (Å²) in [4.78, 5) is 8.35. The van der Waals surface area contributed by atoms with E-state index < -0.39 is 0 Å². The van der Waals surface area contributed by atoms with Crippen molar-refractivity contribution in [2.45, 2.75) is 32.1 Å².